The lowest BCUT2D eigenvalue weighted by molar-refractivity contribution is 0.102. The minimum Gasteiger partial charge on any atom is -0.344 e. The highest BCUT2D eigenvalue weighted by Gasteiger charge is 2.19. The molecule has 0 radical (unpaired) electrons. The van der Waals surface area contributed by atoms with Gasteiger partial charge in [-0.3, -0.25) is 14.2 Å². The van der Waals surface area contributed by atoms with Gasteiger partial charge >= 0.3 is 5.69 Å². The van der Waals surface area contributed by atoms with Crippen molar-refractivity contribution in [3.63, 3.8) is 0 Å². The number of fused-ring (bicyclic) bond motifs is 1. The predicted molar refractivity (Wildman–Crippen MR) is 115 cm³/mol. The van der Waals surface area contributed by atoms with E-state index in [0.717, 1.165) is 14.6 Å². The number of anilines is 1. The molecule has 0 aliphatic heterocycles. The van der Waals surface area contributed by atoms with Crippen molar-refractivity contribution in [1.82, 2.24) is 14.1 Å². The average molecular weight is 453 g/mol. The van der Waals surface area contributed by atoms with E-state index in [2.05, 4.69) is 26.2 Å². The molecule has 4 rings (SSSR count). The molecule has 8 heteroatoms. The van der Waals surface area contributed by atoms with Crippen LogP contribution in [0.15, 0.2) is 74.9 Å². The maximum atomic E-state index is 13.0. The Morgan fingerprint density at radius 3 is 2.45 bits per heavy atom. The number of halogens is 1. The van der Waals surface area contributed by atoms with Crippen LogP contribution in [0.5, 0.6) is 0 Å². The van der Waals surface area contributed by atoms with E-state index in [-0.39, 0.29) is 23.1 Å². The highest BCUT2D eigenvalue weighted by molar-refractivity contribution is 9.10. The van der Waals surface area contributed by atoms with Crippen LogP contribution in [0, 0.1) is 0 Å². The Hall–Kier alpha value is -3.39. The summed E-state index contributed by atoms with van der Waals surface area (Å²) in [5.74, 6) is -0.409. The van der Waals surface area contributed by atoms with E-state index >= 15 is 0 Å². The number of carbonyl (C=O) groups excluding carboxylic acids is 1. The van der Waals surface area contributed by atoms with Crippen molar-refractivity contribution in [1.29, 1.82) is 0 Å². The summed E-state index contributed by atoms with van der Waals surface area (Å²) in [6.45, 7) is 0.149. The van der Waals surface area contributed by atoms with Crippen LogP contribution < -0.4 is 16.6 Å². The number of H-pyrrole nitrogens is 1. The summed E-state index contributed by atoms with van der Waals surface area (Å²) < 4.78 is 3.59. The van der Waals surface area contributed by atoms with Gasteiger partial charge in [-0.05, 0) is 29.8 Å². The number of nitrogens with one attached hydrogen (secondary N) is 2. The number of rotatable bonds is 4. The normalized spacial score (nSPS) is 11.0. The fourth-order valence-electron chi connectivity index (χ4n) is 3.22. The molecule has 146 valence electrons. The van der Waals surface area contributed by atoms with Crippen molar-refractivity contribution < 1.29 is 4.79 Å². The second kappa shape index (κ2) is 7.56. The summed E-state index contributed by atoms with van der Waals surface area (Å²) in [6, 6.07) is 16.4. The Bertz CT molecular complexity index is 1320. The minimum absolute atomic E-state index is 0.149. The van der Waals surface area contributed by atoms with Crippen molar-refractivity contribution in [2.75, 3.05) is 5.32 Å². The van der Waals surface area contributed by atoms with Gasteiger partial charge in [0.15, 0.2) is 0 Å². The third-order valence-corrected chi connectivity index (χ3v) is 5.17. The summed E-state index contributed by atoms with van der Waals surface area (Å²) in [6.07, 6.45) is 1.54. The van der Waals surface area contributed by atoms with Gasteiger partial charge in [0.05, 0.1) is 17.6 Å². The molecular weight excluding hydrogens is 436 g/mol. The molecule has 4 aromatic rings. The number of carbonyl (C=O) groups is 1. The van der Waals surface area contributed by atoms with Crippen LogP contribution in [-0.4, -0.2) is 20.0 Å². The molecule has 0 spiro atoms. The molecule has 2 aromatic heterocycles. The lowest BCUT2D eigenvalue weighted by Crippen LogP contribution is -2.36. The van der Waals surface area contributed by atoms with E-state index in [1.165, 1.54) is 0 Å². The standard InChI is InChI=1S/C21H17BrN4O3/c1-25-12-16(19(27)23-15-9-7-14(22)8-10-15)17-18(25)20(28)26(21(29)24-17)11-13-5-3-2-4-6-13/h2-10,12H,11H2,1H3,(H,23,27)(H,24,29). The summed E-state index contributed by atoms with van der Waals surface area (Å²) in [5.41, 5.74) is 1.15. The summed E-state index contributed by atoms with van der Waals surface area (Å²) in [7, 11) is 1.67. The van der Waals surface area contributed by atoms with Gasteiger partial charge in [-0.2, -0.15) is 0 Å². The topological polar surface area (TPSA) is 88.9 Å². The lowest BCUT2D eigenvalue weighted by Gasteiger charge is -2.07. The number of aryl methyl sites for hydroxylation is 1. The van der Waals surface area contributed by atoms with Crippen molar-refractivity contribution in [2.45, 2.75) is 6.54 Å². The van der Waals surface area contributed by atoms with Gasteiger partial charge in [0.2, 0.25) is 0 Å². The summed E-state index contributed by atoms with van der Waals surface area (Å²) in [4.78, 5) is 41.1. The molecule has 0 fully saturated rings. The first-order valence-electron chi connectivity index (χ1n) is 8.87. The Labute approximate surface area is 173 Å². The highest BCUT2D eigenvalue weighted by Crippen LogP contribution is 2.18. The molecule has 0 saturated heterocycles. The van der Waals surface area contributed by atoms with Crippen molar-refractivity contribution in [2.24, 2.45) is 7.05 Å². The number of aromatic nitrogens is 3. The van der Waals surface area contributed by atoms with Crippen LogP contribution >= 0.6 is 15.9 Å². The predicted octanol–water partition coefficient (Wildman–Crippen LogP) is 3.09. The molecule has 0 aliphatic carbocycles. The number of hydrogen-bond donors (Lipinski definition) is 2. The number of hydrogen-bond acceptors (Lipinski definition) is 3. The quantitative estimate of drug-likeness (QED) is 0.498. The van der Waals surface area contributed by atoms with E-state index in [1.54, 1.807) is 29.9 Å². The number of amides is 1. The Morgan fingerprint density at radius 2 is 1.76 bits per heavy atom. The zero-order chi connectivity index (χ0) is 20.5. The SMILES string of the molecule is Cn1cc(C(=O)Nc2ccc(Br)cc2)c2[nH]c(=O)n(Cc3ccccc3)c(=O)c21. The fraction of sp³-hybridized carbons (Fsp3) is 0.0952. The van der Waals surface area contributed by atoms with Gasteiger partial charge in [-0.1, -0.05) is 46.3 Å². The van der Waals surface area contributed by atoms with Crippen LogP contribution in [0.3, 0.4) is 0 Å². The Kier molecular flexibility index (Phi) is 4.94. The van der Waals surface area contributed by atoms with Crippen LogP contribution in [0.2, 0.25) is 0 Å². The van der Waals surface area contributed by atoms with Crippen molar-refractivity contribution >= 4 is 38.6 Å². The van der Waals surface area contributed by atoms with E-state index in [9.17, 15) is 14.4 Å². The van der Waals surface area contributed by atoms with Crippen LogP contribution in [0.25, 0.3) is 11.0 Å². The average Bonchev–Trinajstić information content (AvgIpc) is 3.04. The molecule has 0 unspecified atom stereocenters. The van der Waals surface area contributed by atoms with Gasteiger partial charge in [0, 0.05) is 23.4 Å². The summed E-state index contributed by atoms with van der Waals surface area (Å²) >= 11 is 3.35. The van der Waals surface area contributed by atoms with Crippen LogP contribution in [0.1, 0.15) is 15.9 Å². The maximum Gasteiger partial charge on any atom is 0.329 e. The molecular formula is C21H17BrN4O3. The maximum absolute atomic E-state index is 13.0. The highest BCUT2D eigenvalue weighted by atomic mass is 79.9. The molecule has 29 heavy (non-hydrogen) atoms. The number of nitrogens with zero attached hydrogens (tertiary/aromatic N) is 2. The van der Waals surface area contributed by atoms with Gasteiger partial charge in [-0.25, -0.2) is 4.79 Å². The van der Waals surface area contributed by atoms with E-state index < -0.39 is 17.2 Å². The van der Waals surface area contributed by atoms with Gasteiger partial charge < -0.3 is 14.9 Å². The molecule has 1 amide bonds. The number of benzene rings is 2. The number of aromatic amines is 1. The first-order valence-corrected chi connectivity index (χ1v) is 9.66. The molecule has 0 saturated carbocycles. The monoisotopic (exact) mass is 452 g/mol. The largest absolute Gasteiger partial charge is 0.344 e. The van der Waals surface area contributed by atoms with Gasteiger partial charge in [0.25, 0.3) is 11.5 Å². The zero-order valence-electron chi connectivity index (χ0n) is 15.5. The van der Waals surface area contributed by atoms with Gasteiger partial charge in [-0.15, -0.1) is 0 Å². The first kappa shape index (κ1) is 18.9. The van der Waals surface area contributed by atoms with Crippen LogP contribution in [0.4, 0.5) is 5.69 Å². The van der Waals surface area contributed by atoms with E-state index in [1.807, 2.05) is 42.5 Å². The Morgan fingerprint density at radius 1 is 1.07 bits per heavy atom. The second-order valence-electron chi connectivity index (χ2n) is 6.65. The minimum atomic E-state index is -0.560. The first-order chi connectivity index (χ1) is 13.9. The van der Waals surface area contributed by atoms with Crippen molar-refractivity contribution in [3.05, 3.63) is 97.2 Å². The molecule has 0 aliphatic rings. The lowest BCUT2D eigenvalue weighted by atomic mass is 10.2. The third-order valence-electron chi connectivity index (χ3n) is 4.64. The van der Waals surface area contributed by atoms with Crippen molar-refractivity contribution in [3.8, 4) is 0 Å². The van der Waals surface area contributed by atoms with Crippen LogP contribution in [-0.2, 0) is 13.6 Å². The molecule has 0 bridgehead atoms. The zero-order valence-corrected chi connectivity index (χ0v) is 17.1. The second-order valence-corrected chi connectivity index (χ2v) is 7.56. The Balaban J connectivity index is 1.76. The molecule has 7 nitrogen and oxygen atoms in total. The smallest absolute Gasteiger partial charge is 0.329 e. The van der Waals surface area contributed by atoms with E-state index in [0.29, 0.717) is 5.69 Å². The summed E-state index contributed by atoms with van der Waals surface area (Å²) in [5, 5.41) is 2.78. The third kappa shape index (κ3) is 3.66. The van der Waals surface area contributed by atoms with E-state index in [4.69, 9.17) is 0 Å². The fourth-order valence-corrected chi connectivity index (χ4v) is 3.48. The molecule has 2 aromatic carbocycles. The molecule has 2 heterocycles. The molecule has 2 N–H and O–H groups in total. The molecule has 0 atom stereocenters. The van der Waals surface area contributed by atoms with Gasteiger partial charge in [0.1, 0.15) is 5.52 Å².